The third kappa shape index (κ3) is 4.34. The zero-order valence-corrected chi connectivity index (χ0v) is 18.0. The summed E-state index contributed by atoms with van der Waals surface area (Å²) in [7, 11) is 0. The number of hydrogen-bond donors (Lipinski definition) is 2. The molecule has 2 aromatic carbocycles. The number of anilines is 1. The van der Waals surface area contributed by atoms with Gasteiger partial charge in [0.05, 0.1) is 16.7 Å². The second kappa shape index (κ2) is 8.31. The van der Waals surface area contributed by atoms with Crippen molar-refractivity contribution in [2.45, 2.75) is 26.8 Å². The summed E-state index contributed by atoms with van der Waals surface area (Å²) < 4.78 is 19.3. The number of carbonyl (C=O) groups excluding carboxylic acids is 2. The molecule has 0 spiro atoms. The number of hydrogen-bond acceptors (Lipinski definition) is 5. The average molecular weight is 437 g/mol. The quantitative estimate of drug-likeness (QED) is 0.434. The van der Waals surface area contributed by atoms with Crippen molar-refractivity contribution in [3.63, 3.8) is 0 Å². The van der Waals surface area contributed by atoms with Crippen molar-refractivity contribution in [3.05, 3.63) is 70.0 Å². The van der Waals surface area contributed by atoms with E-state index in [1.165, 1.54) is 12.1 Å². The second-order valence-electron chi connectivity index (χ2n) is 7.21. The van der Waals surface area contributed by atoms with Crippen LogP contribution in [-0.2, 0) is 9.59 Å². The van der Waals surface area contributed by atoms with Crippen molar-refractivity contribution in [2.75, 3.05) is 5.32 Å². The predicted molar refractivity (Wildman–Crippen MR) is 118 cm³/mol. The molecule has 1 unspecified atom stereocenters. The van der Waals surface area contributed by atoms with E-state index in [2.05, 4.69) is 15.6 Å². The first-order valence-corrected chi connectivity index (χ1v) is 10.5. The SMILES string of the molecule is Cc1nc(-c2ccc(NC(=O)C(=O)NC(C)c3oc4ccc(F)cc4c3C)cc2)cs1. The van der Waals surface area contributed by atoms with Gasteiger partial charge in [-0.05, 0) is 51.1 Å². The fraction of sp³-hybridized carbons (Fsp3) is 0.174. The lowest BCUT2D eigenvalue weighted by Crippen LogP contribution is -2.37. The van der Waals surface area contributed by atoms with Crippen molar-refractivity contribution in [1.29, 1.82) is 0 Å². The van der Waals surface area contributed by atoms with Crippen LogP contribution in [0.25, 0.3) is 22.2 Å². The van der Waals surface area contributed by atoms with Crippen LogP contribution in [0, 0.1) is 19.7 Å². The summed E-state index contributed by atoms with van der Waals surface area (Å²) in [6.07, 6.45) is 0. The molecule has 0 saturated heterocycles. The lowest BCUT2D eigenvalue weighted by atomic mass is 10.1. The van der Waals surface area contributed by atoms with Gasteiger partial charge < -0.3 is 15.1 Å². The van der Waals surface area contributed by atoms with Crippen LogP contribution in [0.4, 0.5) is 10.1 Å². The molecule has 0 aliphatic carbocycles. The van der Waals surface area contributed by atoms with E-state index < -0.39 is 17.9 Å². The summed E-state index contributed by atoms with van der Waals surface area (Å²) in [6.45, 7) is 5.43. The molecule has 2 heterocycles. The molecule has 31 heavy (non-hydrogen) atoms. The number of nitrogens with one attached hydrogen (secondary N) is 2. The molecule has 8 heteroatoms. The van der Waals surface area contributed by atoms with E-state index >= 15 is 0 Å². The van der Waals surface area contributed by atoms with Crippen LogP contribution < -0.4 is 10.6 Å². The van der Waals surface area contributed by atoms with Gasteiger partial charge in [0.2, 0.25) is 0 Å². The topological polar surface area (TPSA) is 84.2 Å². The minimum absolute atomic E-state index is 0.366. The maximum Gasteiger partial charge on any atom is 0.313 e. The number of carbonyl (C=O) groups is 2. The minimum atomic E-state index is -0.794. The first kappa shape index (κ1) is 20.7. The van der Waals surface area contributed by atoms with E-state index in [-0.39, 0.29) is 5.82 Å². The van der Waals surface area contributed by atoms with Crippen LogP contribution in [0.15, 0.2) is 52.3 Å². The highest BCUT2D eigenvalue weighted by Crippen LogP contribution is 2.30. The Kier molecular flexibility index (Phi) is 5.56. The number of aryl methyl sites for hydroxylation is 2. The van der Waals surface area contributed by atoms with E-state index in [0.29, 0.717) is 22.4 Å². The third-order valence-corrected chi connectivity index (χ3v) is 5.71. The monoisotopic (exact) mass is 437 g/mol. The van der Waals surface area contributed by atoms with Crippen LogP contribution in [0.3, 0.4) is 0 Å². The van der Waals surface area contributed by atoms with Crippen LogP contribution in [0.1, 0.15) is 29.3 Å². The van der Waals surface area contributed by atoms with E-state index in [1.807, 2.05) is 24.4 Å². The fourth-order valence-electron chi connectivity index (χ4n) is 3.36. The smallest absolute Gasteiger partial charge is 0.313 e. The molecule has 6 nitrogen and oxygen atoms in total. The van der Waals surface area contributed by atoms with Crippen molar-refractivity contribution >= 4 is 39.8 Å². The third-order valence-electron chi connectivity index (χ3n) is 4.94. The lowest BCUT2D eigenvalue weighted by molar-refractivity contribution is -0.136. The van der Waals surface area contributed by atoms with Gasteiger partial charge in [0.15, 0.2) is 0 Å². The molecular formula is C23H20FN3O3S. The number of thiazole rings is 1. The number of amides is 2. The molecular weight excluding hydrogens is 417 g/mol. The first-order valence-electron chi connectivity index (χ1n) is 9.65. The van der Waals surface area contributed by atoms with Gasteiger partial charge in [-0.15, -0.1) is 11.3 Å². The molecule has 1 atom stereocenters. The molecule has 2 N–H and O–H groups in total. The van der Waals surface area contributed by atoms with Gasteiger partial charge in [-0.2, -0.15) is 0 Å². The number of aromatic nitrogens is 1. The molecule has 0 aliphatic rings. The highest BCUT2D eigenvalue weighted by atomic mass is 32.1. The number of rotatable bonds is 4. The Labute approximate surface area is 182 Å². The Morgan fingerprint density at radius 1 is 1.10 bits per heavy atom. The summed E-state index contributed by atoms with van der Waals surface area (Å²) in [5.74, 6) is -1.47. The van der Waals surface area contributed by atoms with E-state index in [0.717, 1.165) is 21.8 Å². The summed E-state index contributed by atoms with van der Waals surface area (Å²) in [4.78, 5) is 29.1. The largest absolute Gasteiger partial charge is 0.459 e. The van der Waals surface area contributed by atoms with Gasteiger partial charge in [-0.1, -0.05) is 12.1 Å². The Bertz CT molecular complexity index is 1280. The van der Waals surface area contributed by atoms with Gasteiger partial charge >= 0.3 is 11.8 Å². The molecule has 158 valence electrons. The Morgan fingerprint density at radius 2 is 1.84 bits per heavy atom. The predicted octanol–water partition coefficient (Wildman–Crippen LogP) is 5.13. The Hall–Kier alpha value is -3.52. The molecule has 0 radical (unpaired) electrons. The number of furan rings is 1. The molecule has 4 rings (SSSR count). The van der Waals surface area contributed by atoms with Crippen molar-refractivity contribution < 1.29 is 18.4 Å². The fourth-order valence-corrected chi connectivity index (χ4v) is 3.98. The first-order chi connectivity index (χ1) is 14.8. The molecule has 0 saturated carbocycles. The number of benzene rings is 2. The van der Waals surface area contributed by atoms with Crippen molar-refractivity contribution in [2.24, 2.45) is 0 Å². The van der Waals surface area contributed by atoms with Gasteiger partial charge in [-0.3, -0.25) is 9.59 Å². The van der Waals surface area contributed by atoms with Gasteiger partial charge in [0, 0.05) is 27.6 Å². The Balaban J connectivity index is 1.41. The van der Waals surface area contributed by atoms with Gasteiger partial charge in [0.25, 0.3) is 0 Å². The molecule has 4 aromatic rings. The normalized spacial score (nSPS) is 12.0. The summed E-state index contributed by atoms with van der Waals surface area (Å²) in [5, 5.41) is 8.78. The van der Waals surface area contributed by atoms with E-state index in [9.17, 15) is 14.0 Å². The minimum Gasteiger partial charge on any atom is -0.459 e. The van der Waals surface area contributed by atoms with Crippen LogP contribution in [0.2, 0.25) is 0 Å². The highest BCUT2D eigenvalue weighted by Gasteiger charge is 2.22. The molecule has 0 aliphatic heterocycles. The van der Waals surface area contributed by atoms with Crippen LogP contribution >= 0.6 is 11.3 Å². The molecule has 0 bridgehead atoms. The summed E-state index contributed by atoms with van der Waals surface area (Å²) >= 11 is 1.56. The van der Waals surface area contributed by atoms with Gasteiger partial charge in [0.1, 0.15) is 17.2 Å². The molecule has 2 amide bonds. The second-order valence-corrected chi connectivity index (χ2v) is 8.27. The Morgan fingerprint density at radius 3 is 2.52 bits per heavy atom. The standard InChI is InChI=1S/C23H20FN3O3S/c1-12-18-10-16(24)6-9-20(18)30-21(12)13(2)25-22(28)23(29)27-17-7-4-15(5-8-17)19-11-31-14(3)26-19/h4-11,13H,1-3H3,(H,25,28)(H,27,29). The summed E-state index contributed by atoms with van der Waals surface area (Å²) in [5.41, 5.74) is 3.54. The maximum atomic E-state index is 13.5. The lowest BCUT2D eigenvalue weighted by Gasteiger charge is -2.12. The van der Waals surface area contributed by atoms with E-state index in [1.54, 1.807) is 43.4 Å². The zero-order valence-electron chi connectivity index (χ0n) is 17.2. The summed E-state index contributed by atoms with van der Waals surface area (Å²) in [6, 6.07) is 10.8. The molecule has 0 fully saturated rings. The number of nitrogens with zero attached hydrogens (tertiary/aromatic N) is 1. The van der Waals surface area contributed by atoms with Crippen molar-refractivity contribution in [1.82, 2.24) is 10.3 Å². The number of halogens is 1. The zero-order chi connectivity index (χ0) is 22.1. The van der Waals surface area contributed by atoms with E-state index in [4.69, 9.17) is 4.42 Å². The average Bonchev–Trinajstić information content (AvgIpc) is 3.32. The van der Waals surface area contributed by atoms with Crippen molar-refractivity contribution in [3.8, 4) is 11.3 Å². The van der Waals surface area contributed by atoms with Crippen LogP contribution in [0.5, 0.6) is 0 Å². The van der Waals surface area contributed by atoms with Crippen LogP contribution in [-0.4, -0.2) is 16.8 Å². The van der Waals surface area contributed by atoms with Gasteiger partial charge in [-0.25, -0.2) is 9.37 Å². The maximum absolute atomic E-state index is 13.5. The molecule has 2 aromatic heterocycles. The highest BCUT2D eigenvalue weighted by molar-refractivity contribution is 7.09. The number of fused-ring (bicyclic) bond motifs is 1.